The Morgan fingerprint density at radius 2 is 1.86 bits per heavy atom. The molecule has 2 heterocycles. The summed E-state index contributed by atoms with van der Waals surface area (Å²) in [4.78, 5) is 16.6. The first kappa shape index (κ1) is 20.5. The molecule has 0 aliphatic heterocycles. The summed E-state index contributed by atoms with van der Waals surface area (Å²) in [5.41, 5.74) is 2.67. The lowest BCUT2D eigenvalue weighted by atomic mass is 10.1. The van der Waals surface area contributed by atoms with Crippen molar-refractivity contribution < 1.29 is 19.0 Å². The average molecular weight is 397 g/mol. The fourth-order valence-electron chi connectivity index (χ4n) is 3.01. The van der Waals surface area contributed by atoms with E-state index >= 15 is 0 Å². The second-order valence-electron chi connectivity index (χ2n) is 6.52. The van der Waals surface area contributed by atoms with Crippen molar-refractivity contribution in [2.45, 2.75) is 27.2 Å². The maximum atomic E-state index is 12.1. The summed E-state index contributed by atoms with van der Waals surface area (Å²) >= 11 is 0. The number of fused-ring (bicyclic) bond motifs is 1. The zero-order valence-corrected chi connectivity index (χ0v) is 17.1. The predicted molar refractivity (Wildman–Crippen MR) is 111 cm³/mol. The van der Waals surface area contributed by atoms with E-state index in [-0.39, 0.29) is 12.5 Å². The Hall–Kier alpha value is -3.22. The molecule has 0 aliphatic rings. The van der Waals surface area contributed by atoms with Crippen LogP contribution in [-0.4, -0.2) is 41.7 Å². The molecule has 2 aromatic heterocycles. The van der Waals surface area contributed by atoms with E-state index in [0.717, 1.165) is 22.8 Å². The Labute approximate surface area is 170 Å². The van der Waals surface area contributed by atoms with Crippen molar-refractivity contribution in [2.24, 2.45) is 0 Å². The summed E-state index contributed by atoms with van der Waals surface area (Å²) in [6.45, 7) is 7.40. The molecule has 0 radical (unpaired) electrons. The molecule has 1 amide bonds. The highest BCUT2D eigenvalue weighted by Gasteiger charge is 2.09. The third kappa shape index (κ3) is 5.40. The van der Waals surface area contributed by atoms with Gasteiger partial charge < -0.3 is 23.9 Å². The van der Waals surface area contributed by atoms with E-state index < -0.39 is 0 Å². The van der Waals surface area contributed by atoms with Crippen molar-refractivity contribution >= 4 is 11.6 Å². The molecule has 7 nitrogen and oxygen atoms in total. The molecule has 29 heavy (non-hydrogen) atoms. The monoisotopic (exact) mass is 397 g/mol. The number of aryl methyl sites for hydroxylation is 1. The van der Waals surface area contributed by atoms with Gasteiger partial charge >= 0.3 is 0 Å². The molecule has 0 saturated carbocycles. The van der Waals surface area contributed by atoms with Crippen molar-refractivity contribution in [3.63, 3.8) is 0 Å². The summed E-state index contributed by atoms with van der Waals surface area (Å²) in [6, 6.07) is 9.52. The first-order valence-corrected chi connectivity index (χ1v) is 9.83. The van der Waals surface area contributed by atoms with Crippen LogP contribution in [0.15, 0.2) is 42.7 Å². The van der Waals surface area contributed by atoms with Gasteiger partial charge in [0.15, 0.2) is 29.5 Å². The molecule has 0 atom stereocenters. The first-order chi connectivity index (χ1) is 14.1. The van der Waals surface area contributed by atoms with Crippen LogP contribution in [0.1, 0.15) is 25.1 Å². The maximum Gasteiger partial charge on any atom is 0.257 e. The molecule has 1 aromatic carbocycles. The number of ether oxygens (including phenoxy) is 3. The predicted octanol–water partition coefficient (Wildman–Crippen LogP) is 3.18. The van der Waals surface area contributed by atoms with E-state index in [1.54, 1.807) is 0 Å². The Kier molecular flexibility index (Phi) is 6.94. The minimum absolute atomic E-state index is 0.0565. The van der Waals surface area contributed by atoms with Gasteiger partial charge in [0.1, 0.15) is 0 Å². The van der Waals surface area contributed by atoms with Crippen LogP contribution in [0.4, 0.5) is 0 Å². The highest BCUT2D eigenvalue weighted by molar-refractivity contribution is 5.77. The van der Waals surface area contributed by atoms with E-state index in [0.29, 0.717) is 37.6 Å². The van der Waals surface area contributed by atoms with Crippen molar-refractivity contribution in [3.8, 4) is 17.2 Å². The van der Waals surface area contributed by atoms with Crippen LogP contribution in [0.25, 0.3) is 5.65 Å². The lowest BCUT2D eigenvalue weighted by molar-refractivity contribution is -0.123. The van der Waals surface area contributed by atoms with Crippen LogP contribution in [0.3, 0.4) is 0 Å². The van der Waals surface area contributed by atoms with E-state index in [4.69, 9.17) is 14.2 Å². The fourth-order valence-corrected chi connectivity index (χ4v) is 3.01. The van der Waals surface area contributed by atoms with Crippen molar-refractivity contribution in [2.75, 3.05) is 26.4 Å². The number of carbonyl (C=O) groups excluding carboxylic acids is 1. The highest BCUT2D eigenvalue weighted by atomic mass is 16.5. The second kappa shape index (κ2) is 9.82. The van der Waals surface area contributed by atoms with Crippen LogP contribution in [0.5, 0.6) is 17.2 Å². The molecular formula is C22H27N3O4. The minimum Gasteiger partial charge on any atom is -0.490 e. The van der Waals surface area contributed by atoms with Gasteiger partial charge in [-0.15, -0.1) is 0 Å². The number of carbonyl (C=O) groups is 1. The smallest absolute Gasteiger partial charge is 0.257 e. The zero-order chi connectivity index (χ0) is 20.6. The molecule has 0 spiro atoms. The fraction of sp³-hybridized carbons (Fsp3) is 0.364. The van der Waals surface area contributed by atoms with Crippen LogP contribution < -0.4 is 19.5 Å². The summed E-state index contributed by atoms with van der Waals surface area (Å²) < 4.78 is 18.8. The van der Waals surface area contributed by atoms with Crippen LogP contribution in [0.2, 0.25) is 0 Å². The molecule has 154 valence electrons. The highest BCUT2D eigenvalue weighted by Crippen LogP contribution is 2.28. The van der Waals surface area contributed by atoms with Gasteiger partial charge in [0.05, 0.1) is 18.9 Å². The number of aromatic nitrogens is 2. The average Bonchev–Trinajstić information content (AvgIpc) is 3.09. The van der Waals surface area contributed by atoms with Gasteiger partial charge in [-0.3, -0.25) is 4.79 Å². The van der Waals surface area contributed by atoms with Crippen molar-refractivity contribution in [3.05, 3.63) is 54.0 Å². The molecule has 7 heteroatoms. The Balaban J connectivity index is 1.50. The van der Waals surface area contributed by atoms with Crippen LogP contribution >= 0.6 is 0 Å². The Morgan fingerprint density at radius 3 is 2.66 bits per heavy atom. The number of nitrogens with zero attached hydrogens (tertiary/aromatic N) is 2. The number of amides is 1. The molecule has 0 bridgehead atoms. The normalized spacial score (nSPS) is 10.7. The van der Waals surface area contributed by atoms with E-state index in [1.165, 1.54) is 0 Å². The SMILES string of the molecule is CCOc1ccc(CCNC(=O)COc2cccn3cc(C)nc23)cc1OCC. The molecule has 0 saturated heterocycles. The Morgan fingerprint density at radius 1 is 1.07 bits per heavy atom. The van der Waals surface area contributed by atoms with E-state index in [2.05, 4.69) is 10.3 Å². The molecule has 0 fully saturated rings. The van der Waals surface area contributed by atoms with E-state index in [1.807, 2.05) is 67.9 Å². The van der Waals surface area contributed by atoms with Gasteiger partial charge in [-0.05, 0) is 57.0 Å². The third-order valence-corrected chi connectivity index (χ3v) is 4.27. The van der Waals surface area contributed by atoms with Crippen molar-refractivity contribution in [1.29, 1.82) is 0 Å². The van der Waals surface area contributed by atoms with Gasteiger partial charge in [-0.1, -0.05) is 6.07 Å². The Bertz CT molecular complexity index is 968. The number of rotatable bonds is 10. The lowest BCUT2D eigenvalue weighted by Gasteiger charge is -2.13. The zero-order valence-electron chi connectivity index (χ0n) is 17.1. The molecule has 1 N–H and O–H groups in total. The molecule has 0 aliphatic carbocycles. The van der Waals surface area contributed by atoms with Crippen LogP contribution in [-0.2, 0) is 11.2 Å². The summed E-state index contributed by atoms with van der Waals surface area (Å²) in [7, 11) is 0. The lowest BCUT2D eigenvalue weighted by Crippen LogP contribution is -2.30. The van der Waals surface area contributed by atoms with Gasteiger partial charge in [-0.2, -0.15) is 0 Å². The molecular weight excluding hydrogens is 370 g/mol. The molecule has 3 aromatic rings. The maximum absolute atomic E-state index is 12.1. The minimum atomic E-state index is -0.175. The largest absolute Gasteiger partial charge is 0.490 e. The number of nitrogens with one attached hydrogen (secondary N) is 1. The summed E-state index contributed by atoms with van der Waals surface area (Å²) in [5, 5.41) is 2.88. The third-order valence-electron chi connectivity index (χ3n) is 4.27. The molecule has 0 unspecified atom stereocenters. The van der Waals surface area contributed by atoms with Crippen molar-refractivity contribution in [1.82, 2.24) is 14.7 Å². The number of hydrogen-bond acceptors (Lipinski definition) is 5. The number of benzene rings is 1. The summed E-state index contributed by atoms with van der Waals surface area (Å²) in [5.74, 6) is 1.87. The number of imidazole rings is 1. The van der Waals surface area contributed by atoms with Gasteiger partial charge in [-0.25, -0.2) is 4.98 Å². The number of pyridine rings is 1. The number of hydrogen-bond donors (Lipinski definition) is 1. The van der Waals surface area contributed by atoms with Crippen LogP contribution in [0, 0.1) is 6.92 Å². The van der Waals surface area contributed by atoms with E-state index in [9.17, 15) is 4.79 Å². The quantitative estimate of drug-likeness (QED) is 0.569. The topological polar surface area (TPSA) is 74.1 Å². The van der Waals surface area contributed by atoms with Gasteiger partial charge in [0.25, 0.3) is 5.91 Å². The first-order valence-electron chi connectivity index (χ1n) is 9.83. The van der Waals surface area contributed by atoms with Gasteiger partial charge in [0, 0.05) is 18.9 Å². The van der Waals surface area contributed by atoms with Gasteiger partial charge in [0.2, 0.25) is 0 Å². The molecule has 3 rings (SSSR count). The second-order valence-corrected chi connectivity index (χ2v) is 6.52. The standard InChI is InChI=1S/C22H27N3O4/c1-4-27-18-9-8-17(13-20(18)28-5-2)10-11-23-21(26)15-29-19-7-6-12-25-14-16(3)24-22(19)25/h6-9,12-14H,4-5,10-11,15H2,1-3H3,(H,23,26). The summed E-state index contributed by atoms with van der Waals surface area (Å²) in [6.07, 6.45) is 4.50.